The Morgan fingerprint density at radius 3 is 3.33 bits per heavy atom. The van der Waals surface area contributed by atoms with Gasteiger partial charge in [0.1, 0.15) is 0 Å². The van der Waals surface area contributed by atoms with Crippen LogP contribution in [0.3, 0.4) is 0 Å². The van der Waals surface area contributed by atoms with Gasteiger partial charge in [0.15, 0.2) is 0 Å². The fourth-order valence-electron chi connectivity index (χ4n) is 1.62. The molecule has 0 saturated heterocycles. The van der Waals surface area contributed by atoms with Crippen LogP contribution in [0.5, 0.6) is 0 Å². The molecule has 0 unspecified atom stereocenters. The lowest BCUT2D eigenvalue weighted by Crippen LogP contribution is -2.09. The van der Waals surface area contributed by atoms with Crippen LogP contribution in [0.1, 0.15) is 30.2 Å². The molecule has 0 N–H and O–H groups in total. The van der Waals surface area contributed by atoms with Gasteiger partial charge in [-0.1, -0.05) is 13.3 Å². The second-order valence-corrected chi connectivity index (χ2v) is 4.09. The standard InChI is InChI=1S/C10H13NS/c1-2-3-9-8-5-7-12-10(8)4-6-11-9/h5,7H,2-4,6H2,1H3. The predicted octanol–water partition coefficient (Wildman–Crippen LogP) is 2.89. The summed E-state index contributed by atoms with van der Waals surface area (Å²) in [7, 11) is 0. The quantitative estimate of drug-likeness (QED) is 0.662. The van der Waals surface area contributed by atoms with E-state index in [4.69, 9.17) is 0 Å². The highest BCUT2D eigenvalue weighted by molar-refractivity contribution is 7.10. The van der Waals surface area contributed by atoms with Crippen LogP contribution in [-0.2, 0) is 6.42 Å². The molecule has 0 fully saturated rings. The zero-order valence-electron chi connectivity index (χ0n) is 7.34. The number of hydrogen-bond acceptors (Lipinski definition) is 2. The minimum Gasteiger partial charge on any atom is -0.289 e. The molecule has 2 heterocycles. The molecule has 2 rings (SSSR count). The summed E-state index contributed by atoms with van der Waals surface area (Å²) in [4.78, 5) is 6.09. The van der Waals surface area contributed by atoms with E-state index in [1.165, 1.54) is 22.6 Å². The van der Waals surface area contributed by atoms with Crippen LogP contribution >= 0.6 is 11.3 Å². The minimum atomic E-state index is 1.00. The van der Waals surface area contributed by atoms with Gasteiger partial charge in [0.2, 0.25) is 0 Å². The SMILES string of the molecule is CCCC1=NCCc2sccc21. The lowest BCUT2D eigenvalue weighted by Gasteiger charge is -2.11. The Morgan fingerprint density at radius 2 is 2.50 bits per heavy atom. The third-order valence-electron chi connectivity index (χ3n) is 2.18. The zero-order chi connectivity index (χ0) is 8.39. The van der Waals surface area contributed by atoms with Gasteiger partial charge in [0.25, 0.3) is 0 Å². The highest BCUT2D eigenvalue weighted by atomic mass is 32.1. The summed E-state index contributed by atoms with van der Waals surface area (Å²) in [5, 5.41) is 2.18. The van der Waals surface area contributed by atoms with Gasteiger partial charge in [0.05, 0.1) is 0 Å². The summed E-state index contributed by atoms with van der Waals surface area (Å²) in [5.41, 5.74) is 2.76. The second kappa shape index (κ2) is 3.40. The normalized spacial score (nSPS) is 15.6. The topological polar surface area (TPSA) is 12.4 Å². The number of rotatable bonds is 2. The predicted molar refractivity (Wildman–Crippen MR) is 54.3 cm³/mol. The first-order valence-electron chi connectivity index (χ1n) is 4.52. The van der Waals surface area contributed by atoms with Crippen molar-refractivity contribution in [2.75, 3.05) is 6.54 Å². The Hall–Kier alpha value is -0.630. The van der Waals surface area contributed by atoms with Crippen molar-refractivity contribution in [2.24, 2.45) is 4.99 Å². The van der Waals surface area contributed by atoms with Crippen LogP contribution in [0.2, 0.25) is 0 Å². The number of nitrogens with zero attached hydrogens (tertiary/aromatic N) is 1. The van der Waals surface area contributed by atoms with Crippen molar-refractivity contribution in [3.63, 3.8) is 0 Å². The molecule has 0 amide bonds. The van der Waals surface area contributed by atoms with Gasteiger partial charge in [-0.15, -0.1) is 11.3 Å². The molecule has 0 aromatic carbocycles. The largest absolute Gasteiger partial charge is 0.289 e. The molecule has 0 aliphatic carbocycles. The maximum atomic E-state index is 4.56. The average Bonchev–Trinajstić information content (AvgIpc) is 2.53. The minimum absolute atomic E-state index is 1.00. The highest BCUT2D eigenvalue weighted by Gasteiger charge is 2.13. The molecule has 1 nitrogen and oxygen atoms in total. The lowest BCUT2D eigenvalue weighted by molar-refractivity contribution is 0.919. The van der Waals surface area contributed by atoms with E-state index in [-0.39, 0.29) is 0 Å². The van der Waals surface area contributed by atoms with Crippen LogP contribution < -0.4 is 0 Å². The fourth-order valence-corrected chi connectivity index (χ4v) is 2.51. The molecule has 1 aromatic rings. The van der Waals surface area contributed by atoms with E-state index in [0.29, 0.717) is 0 Å². The van der Waals surface area contributed by atoms with E-state index in [2.05, 4.69) is 23.4 Å². The number of fused-ring (bicyclic) bond motifs is 1. The molecule has 1 aliphatic rings. The van der Waals surface area contributed by atoms with Crippen molar-refractivity contribution in [1.29, 1.82) is 0 Å². The van der Waals surface area contributed by atoms with Crippen molar-refractivity contribution < 1.29 is 0 Å². The summed E-state index contributed by atoms with van der Waals surface area (Å²) in [5.74, 6) is 0. The molecule has 12 heavy (non-hydrogen) atoms. The maximum absolute atomic E-state index is 4.56. The third-order valence-corrected chi connectivity index (χ3v) is 3.17. The number of thiophene rings is 1. The molecule has 2 heteroatoms. The van der Waals surface area contributed by atoms with Gasteiger partial charge < -0.3 is 0 Å². The Labute approximate surface area is 77.2 Å². The second-order valence-electron chi connectivity index (χ2n) is 3.09. The molecule has 64 valence electrons. The van der Waals surface area contributed by atoms with Crippen LogP contribution in [0.15, 0.2) is 16.4 Å². The first kappa shape index (κ1) is 7.99. The first-order valence-corrected chi connectivity index (χ1v) is 5.40. The van der Waals surface area contributed by atoms with Crippen molar-refractivity contribution in [1.82, 2.24) is 0 Å². The fraction of sp³-hybridized carbons (Fsp3) is 0.500. The maximum Gasteiger partial charge on any atom is 0.0441 e. The number of aliphatic imine (C=N–C) groups is 1. The van der Waals surface area contributed by atoms with E-state index in [0.717, 1.165) is 19.4 Å². The molecule has 0 atom stereocenters. The van der Waals surface area contributed by atoms with E-state index in [9.17, 15) is 0 Å². The van der Waals surface area contributed by atoms with E-state index in [1.54, 1.807) is 0 Å². The van der Waals surface area contributed by atoms with Gasteiger partial charge in [-0.05, 0) is 17.9 Å². The molecular weight excluding hydrogens is 166 g/mol. The van der Waals surface area contributed by atoms with E-state index in [1.807, 2.05) is 11.3 Å². The monoisotopic (exact) mass is 179 g/mol. The average molecular weight is 179 g/mol. The van der Waals surface area contributed by atoms with Gasteiger partial charge in [0, 0.05) is 29.1 Å². The molecule has 0 spiro atoms. The third kappa shape index (κ3) is 1.31. The molecular formula is C10H13NS. The number of hydrogen-bond donors (Lipinski definition) is 0. The van der Waals surface area contributed by atoms with Crippen LogP contribution in [0.25, 0.3) is 0 Å². The van der Waals surface area contributed by atoms with Gasteiger partial charge in [-0.25, -0.2) is 0 Å². The van der Waals surface area contributed by atoms with Crippen molar-refractivity contribution >= 4 is 17.0 Å². The van der Waals surface area contributed by atoms with Crippen molar-refractivity contribution in [3.8, 4) is 0 Å². The Morgan fingerprint density at radius 1 is 1.58 bits per heavy atom. The summed E-state index contributed by atoms with van der Waals surface area (Å²) in [6, 6.07) is 2.22. The van der Waals surface area contributed by atoms with E-state index >= 15 is 0 Å². The summed E-state index contributed by atoms with van der Waals surface area (Å²) < 4.78 is 0. The van der Waals surface area contributed by atoms with Crippen molar-refractivity contribution in [3.05, 3.63) is 21.9 Å². The molecule has 1 aliphatic heterocycles. The molecule has 0 saturated carbocycles. The zero-order valence-corrected chi connectivity index (χ0v) is 8.16. The summed E-state index contributed by atoms with van der Waals surface area (Å²) in [6.07, 6.45) is 3.50. The smallest absolute Gasteiger partial charge is 0.0441 e. The summed E-state index contributed by atoms with van der Waals surface area (Å²) in [6.45, 7) is 3.21. The van der Waals surface area contributed by atoms with Crippen LogP contribution in [0.4, 0.5) is 0 Å². The van der Waals surface area contributed by atoms with Crippen LogP contribution in [-0.4, -0.2) is 12.3 Å². The van der Waals surface area contributed by atoms with Crippen LogP contribution in [0, 0.1) is 0 Å². The van der Waals surface area contributed by atoms with Gasteiger partial charge >= 0.3 is 0 Å². The van der Waals surface area contributed by atoms with E-state index < -0.39 is 0 Å². The Bertz CT molecular complexity index is 299. The lowest BCUT2D eigenvalue weighted by atomic mass is 10.0. The Kier molecular flexibility index (Phi) is 2.26. The van der Waals surface area contributed by atoms with Gasteiger partial charge in [-0.3, -0.25) is 4.99 Å². The molecule has 0 radical (unpaired) electrons. The highest BCUT2D eigenvalue weighted by Crippen LogP contribution is 2.23. The molecule has 0 bridgehead atoms. The Balaban J connectivity index is 2.30. The van der Waals surface area contributed by atoms with Gasteiger partial charge in [-0.2, -0.15) is 0 Å². The summed E-state index contributed by atoms with van der Waals surface area (Å²) >= 11 is 1.87. The molecule has 1 aromatic heterocycles. The van der Waals surface area contributed by atoms with Crippen molar-refractivity contribution in [2.45, 2.75) is 26.2 Å². The first-order chi connectivity index (χ1) is 5.92.